The van der Waals surface area contributed by atoms with Crippen LogP contribution in [0, 0.1) is 0 Å². The summed E-state index contributed by atoms with van der Waals surface area (Å²) in [6.45, 7) is 0. The van der Waals surface area contributed by atoms with E-state index in [0.29, 0.717) is 10.0 Å². The maximum Gasteiger partial charge on any atom is 0.337 e. The molecule has 1 atom stereocenters. The van der Waals surface area contributed by atoms with E-state index in [0.717, 1.165) is 0 Å². The van der Waals surface area contributed by atoms with Gasteiger partial charge in [0, 0.05) is 4.47 Å². The van der Waals surface area contributed by atoms with E-state index in [1.807, 2.05) is 6.07 Å². The predicted molar refractivity (Wildman–Crippen MR) is 83.1 cm³/mol. The molecule has 1 amide bonds. The summed E-state index contributed by atoms with van der Waals surface area (Å²) >= 11 is 3.20. The fourth-order valence-electron chi connectivity index (χ4n) is 1.82. The maximum absolute atomic E-state index is 12.1. The van der Waals surface area contributed by atoms with E-state index in [-0.39, 0.29) is 11.3 Å². The first-order valence-electron chi connectivity index (χ1n) is 6.13. The Morgan fingerprint density at radius 1 is 1.14 bits per heavy atom. The first-order chi connectivity index (χ1) is 9.99. The topological polar surface area (TPSA) is 92.4 Å². The molecule has 0 saturated carbocycles. The third kappa shape index (κ3) is 3.68. The summed E-state index contributed by atoms with van der Waals surface area (Å²) in [7, 11) is 0. The van der Waals surface area contributed by atoms with Crippen LogP contribution in [0.5, 0.6) is 0 Å². The van der Waals surface area contributed by atoms with Crippen molar-refractivity contribution in [2.24, 2.45) is 5.73 Å². The summed E-state index contributed by atoms with van der Waals surface area (Å²) in [6, 6.07) is 12.6. The Kier molecular flexibility index (Phi) is 4.72. The number of aromatic carboxylic acids is 1. The number of hydrogen-bond donors (Lipinski definition) is 3. The Hall–Kier alpha value is -2.18. The highest BCUT2D eigenvalue weighted by molar-refractivity contribution is 9.10. The normalized spacial score (nSPS) is 11.7. The molecule has 2 aromatic rings. The van der Waals surface area contributed by atoms with Crippen molar-refractivity contribution in [1.29, 1.82) is 0 Å². The van der Waals surface area contributed by atoms with Gasteiger partial charge in [0.25, 0.3) is 0 Å². The van der Waals surface area contributed by atoms with Crippen LogP contribution in [0.1, 0.15) is 22.0 Å². The van der Waals surface area contributed by atoms with Crippen LogP contribution in [0.3, 0.4) is 0 Å². The maximum atomic E-state index is 12.1. The van der Waals surface area contributed by atoms with Crippen LogP contribution in [-0.4, -0.2) is 17.0 Å². The van der Waals surface area contributed by atoms with Gasteiger partial charge in [-0.3, -0.25) is 4.79 Å². The highest BCUT2D eigenvalue weighted by Crippen LogP contribution is 2.22. The molecule has 0 aliphatic rings. The summed E-state index contributed by atoms with van der Waals surface area (Å²) in [5.41, 5.74) is 6.74. The lowest BCUT2D eigenvalue weighted by atomic mass is 10.1. The third-order valence-electron chi connectivity index (χ3n) is 2.91. The van der Waals surface area contributed by atoms with Crippen LogP contribution >= 0.6 is 15.9 Å². The van der Waals surface area contributed by atoms with Crippen LogP contribution in [0.25, 0.3) is 0 Å². The Morgan fingerprint density at radius 2 is 1.81 bits per heavy atom. The SMILES string of the molecule is NC(C(=O)Nc1ccc(Br)cc1C(=O)O)c1ccccc1. The Morgan fingerprint density at radius 3 is 2.43 bits per heavy atom. The molecule has 1 unspecified atom stereocenters. The van der Waals surface area contributed by atoms with Crippen LogP contribution in [0.4, 0.5) is 5.69 Å². The van der Waals surface area contributed by atoms with Crippen molar-refractivity contribution >= 4 is 33.5 Å². The molecule has 0 aliphatic heterocycles. The number of carbonyl (C=O) groups is 2. The number of rotatable bonds is 4. The largest absolute Gasteiger partial charge is 0.478 e. The first kappa shape index (κ1) is 15.2. The molecule has 0 bridgehead atoms. The van der Waals surface area contributed by atoms with Gasteiger partial charge in [-0.15, -0.1) is 0 Å². The van der Waals surface area contributed by atoms with Crippen molar-refractivity contribution in [2.75, 3.05) is 5.32 Å². The summed E-state index contributed by atoms with van der Waals surface area (Å²) in [4.78, 5) is 23.3. The highest BCUT2D eigenvalue weighted by atomic mass is 79.9. The quantitative estimate of drug-likeness (QED) is 0.791. The summed E-state index contributed by atoms with van der Waals surface area (Å²) in [5.74, 6) is -1.59. The number of benzene rings is 2. The van der Waals surface area contributed by atoms with Gasteiger partial charge in [0.05, 0.1) is 11.3 Å². The second kappa shape index (κ2) is 6.51. The number of nitrogens with two attached hydrogens (primary N) is 1. The monoisotopic (exact) mass is 348 g/mol. The van der Waals surface area contributed by atoms with Gasteiger partial charge in [-0.1, -0.05) is 46.3 Å². The van der Waals surface area contributed by atoms with Crippen LogP contribution in [0.15, 0.2) is 53.0 Å². The van der Waals surface area contributed by atoms with Gasteiger partial charge in [0.15, 0.2) is 0 Å². The van der Waals surface area contributed by atoms with Crippen molar-refractivity contribution in [3.05, 3.63) is 64.1 Å². The first-order valence-corrected chi connectivity index (χ1v) is 6.92. The number of carboxylic acid groups (broad SMARTS) is 1. The van der Waals surface area contributed by atoms with Crippen molar-refractivity contribution in [2.45, 2.75) is 6.04 Å². The summed E-state index contributed by atoms with van der Waals surface area (Å²) in [6.07, 6.45) is 0. The number of anilines is 1. The molecular weight excluding hydrogens is 336 g/mol. The third-order valence-corrected chi connectivity index (χ3v) is 3.40. The van der Waals surface area contributed by atoms with Crippen molar-refractivity contribution in [1.82, 2.24) is 0 Å². The molecular formula is C15H13BrN2O3. The predicted octanol–water partition coefficient (Wildman–Crippen LogP) is 2.79. The highest BCUT2D eigenvalue weighted by Gasteiger charge is 2.18. The zero-order valence-corrected chi connectivity index (χ0v) is 12.5. The smallest absolute Gasteiger partial charge is 0.337 e. The Balaban J connectivity index is 2.22. The molecule has 4 N–H and O–H groups in total. The standard InChI is InChI=1S/C15H13BrN2O3/c16-10-6-7-12(11(8-10)15(20)21)18-14(19)13(17)9-4-2-1-3-5-9/h1-8,13H,17H2,(H,18,19)(H,20,21). The lowest BCUT2D eigenvalue weighted by molar-refractivity contribution is -0.117. The average molecular weight is 349 g/mol. The molecule has 6 heteroatoms. The fraction of sp³-hybridized carbons (Fsp3) is 0.0667. The van der Waals surface area contributed by atoms with Crippen molar-refractivity contribution in [3.63, 3.8) is 0 Å². The van der Waals surface area contributed by atoms with Gasteiger partial charge >= 0.3 is 5.97 Å². The molecule has 2 rings (SSSR count). The molecule has 0 spiro atoms. The second-order valence-electron chi connectivity index (χ2n) is 4.37. The second-order valence-corrected chi connectivity index (χ2v) is 5.29. The molecule has 21 heavy (non-hydrogen) atoms. The molecule has 0 heterocycles. The summed E-state index contributed by atoms with van der Waals surface area (Å²) < 4.78 is 0.616. The Labute approximate surface area is 129 Å². The van der Waals surface area contributed by atoms with Gasteiger partial charge < -0.3 is 16.2 Å². The number of carboxylic acids is 1. The van der Waals surface area contributed by atoms with E-state index in [1.165, 1.54) is 12.1 Å². The Bertz CT molecular complexity index is 674. The van der Waals surface area contributed by atoms with Gasteiger partial charge in [0.2, 0.25) is 5.91 Å². The number of carbonyl (C=O) groups excluding carboxylic acids is 1. The molecule has 0 aromatic heterocycles. The minimum absolute atomic E-state index is 0.00186. The molecule has 5 nitrogen and oxygen atoms in total. The van der Waals surface area contributed by atoms with E-state index in [2.05, 4.69) is 21.2 Å². The van der Waals surface area contributed by atoms with E-state index in [4.69, 9.17) is 10.8 Å². The number of halogens is 1. The minimum atomic E-state index is -1.13. The zero-order valence-electron chi connectivity index (χ0n) is 10.9. The summed E-state index contributed by atoms with van der Waals surface area (Å²) in [5, 5.41) is 11.7. The van der Waals surface area contributed by atoms with E-state index in [1.54, 1.807) is 30.3 Å². The van der Waals surface area contributed by atoms with Gasteiger partial charge in [0.1, 0.15) is 6.04 Å². The number of hydrogen-bond acceptors (Lipinski definition) is 3. The lowest BCUT2D eigenvalue weighted by Crippen LogP contribution is -2.28. The molecule has 0 aliphatic carbocycles. The minimum Gasteiger partial charge on any atom is -0.478 e. The van der Waals surface area contributed by atoms with Crippen LogP contribution in [0.2, 0.25) is 0 Å². The number of amides is 1. The average Bonchev–Trinajstić information content (AvgIpc) is 2.49. The van der Waals surface area contributed by atoms with Gasteiger partial charge in [-0.2, -0.15) is 0 Å². The molecule has 0 saturated heterocycles. The molecule has 2 aromatic carbocycles. The van der Waals surface area contributed by atoms with Gasteiger partial charge in [-0.25, -0.2) is 4.79 Å². The molecule has 0 radical (unpaired) electrons. The zero-order chi connectivity index (χ0) is 15.4. The lowest BCUT2D eigenvalue weighted by Gasteiger charge is -2.14. The van der Waals surface area contributed by atoms with Gasteiger partial charge in [-0.05, 0) is 23.8 Å². The molecule has 0 fully saturated rings. The van der Waals surface area contributed by atoms with Crippen molar-refractivity contribution < 1.29 is 14.7 Å². The van der Waals surface area contributed by atoms with E-state index >= 15 is 0 Å². The van der Waals surface area contributed by atoms with Crippen LogP contribution in [-0.2, 0) is 4.79 Å². The fourth-order valence-corrected chi connectivity index (χ4v) is 2.19. The molecule has 108 valence electrons. The van der Waals surface area contributed by atoms with Crippen molar-refractivity contribution in [3.8, 4) is 0 Å². The number of nitrogens with one attached hydrogen (secondary N) is 1. The van der Waals surface area contributed by atoms with E-state index in [9.17, 15) is 9.59 Å². The van der Waals surface area contributed by atoms with E-state index < -0.39 is 17.9 Å². The van der Waals surface area contributed by atoms with Crippen LogP contribution < -0.4 is 11.1 Å².